The Labute approximate surface area is 115 Å². The predicted molar refractivity (Wildman–Crippen MR) is 77.3 cm³/mol. The van der Waals surface area contributed by atoms with E-state index in [0.29, 0.717) is 24.3 Å². The monoisotopic (exact) mass is 263 g/mol. The quantitative estimate of drug-likeness (QED) is 0.765. The van der Waals surface area contributed by atoms with Crippen molar-refractivity contribution in [2.45, 2.75) is 51.7 Å². The van der Waals surface area contributed by atoms with E-state index in [1.807, 2.05) is 12.1 Å². The maximum Gasteiger partial charge on any atom is 0.115 e. The number of fused-ring (bicyclic) bond motifs is 1. The summed E-state index contributed by atoms with van der Waals surface area (Å²) in [4.78, 5) is 0. The van der Waals surface area contributed by atoms with Gasteiger partial charge in [-0.2, -0.15) is 0 Å². The van der Waals surface area contributed by atoms with Gasteiger partial charge in [-0.05, 0) is 54.9 Å². The molecule has 0 spiro atoms. The highest BCUT2D eigenvalue weighted by Crippen LogP contribution is 2.31. The topological polar surface area (TPSA) is 52.5 Å². The molecule has 3 N–H and O–H groups in total. The number of aromatic hydroxyl groups is 1. The van der Waals surface area contributed by atoms with Gasteiger partial charge in [0.15, 0.2) is 0 Å². The summed E-state index contributed by atoms with van der Waals surface area (Å²) in [5.74, 6) is 0.867. The average Bonchev–Trinajstić information content (AvgIpc) is 2.35. The summed E-state index contributed by atoms with van der Waals surface area (Å²) in [6.45, 7) is 4.90. The van der Waals surface area contributed by atoms with Crippen molar-refractivity contribution < 1.29 is 10.2 Å². The minimum Gasteiger partial charge on any atom is -0.508 e. The maximum atomic E-state index is 9.94. The summed E-state index contributed by atoms with van der Waals surface area (Å²) in [6.07, 6.45) is 3.83. The van der Waals surface area contributed by atoms with Crippen molar-refractivity contribution >= 4 is 0 Å². The first-order chi connectivity index (χ1) is 9.06. The Balaban J connectivity index is 1.96. The number of phenolic OH excluding ortho intramolecular Hbond substituents is 1. The van der Waals surface area contributed by atoms with E-state index >= 15 is 0 Å². The Bertz CT molecular complexity index is 417. The molecule has 1 aliphatic carbocycles. The van der Waals surface area contributed by atoms with Crippen LogP contribution >= 0.6 is 0 Å². The van der Waals surface area contributed by atoms with Crippen LogP contribution in [0.5, 0.6) is 5.75 Å². The molecule has 2 rings (SSSR count). The minimum atomic E-state index is -0.275. The second-order valence-corrected chi connectivity index (χ2v) is 6.02. The van der Waals surface area contributed by atoms with Crippen LogP contribution in [0.3, 0.4) is 0 Å². The maximum absolute atomic E-state index is 9.94. The molecule has 1 aromatic carbocycles. The van der Waals surface area contributed by atoms with Crippen LogP contribution in [0, 0.1) is 5.92 Å². The Morgan fingerprint density at radius 2 is 2.16 bits per heavy atom. The minimum absolute atomic E-state index is 0.275. The van der Waals surface area contributed by atoms with E-state index in [1.165, 1.54) is 11.1 Å². The normalized spacial score (nSPS) is 20.3. The Morgan fingerprint density at radius 1 is 1.37 bits per heavy atom. The molecule has 0 amide bonds. The number of aliphatic hydroxyl groups is 1. The number of nitrogens with one attached hydrogen (secondary N) is 1. The van der Waals surface area contributed by atoms with Crippen LogP contribution in [0.2, 0.25) is 0 Å². The molecule has 0 aliphatic heterocycles. The first-order valence-corrected chi connectivity index (χ1v) is 7.29. The van der Waals surface area contributed by atoms with E-state index in [4.69, 9.17) is 0 Å². The fraction of sp³-hybridized carbons (Fsp3) is 0.625. The summed E-state index contributed by atoms with van der Waals surface area (Å²) in [6, 6.07) is 5.94. The van der Waals surface area contributed by atoms with E-state index in [0.717, 1.165) is 25.7 Å². The third-order valence-corrected chi connectivity index (χ3v) is 3.78. The molecule has 0 heterocycles. The standard InChI is InChI=1S/C16H25NO2/c1-11(2)8-14(19)10-17-16-5-3-4-12-9-13(18)6-7-15(12)16/h6-7,9,11,14,16-19H,3-5,8,10H2,1-2H3. The molecule has 106 valence electrons. The summed E-state index contributed by atoms with van der Waals surface area (Å²) in [7, 11) is 0. The van der Waals surface area contributed by atoms with E-state index in [1.54, 1.807) is 6.07 Å². The first kappa shape index (κ1) is 14.4. The van der Waals surface area contributed by atoms with Gasteiger partial charge < -0.3 is 15.5 Å². The molecule has 3 heteroatoms. The molecule has 2 unspecified atom stereocenters. The molecule has 0 fully saturated rings. The number of phenols is 1. The van der Waals surface area contributed by atoms with Crippen molar-refractivity contribution in [3.05, 3.63) is 29.3 Å². The fourth-order valence-electron chi connectivity index (χ4n) is 2.92. The third-order valence-electron chi connectivity index (χ3n) is 3.78. The molecule has 19 heavy (non-hydrogen) atoms. The van der Waals surface area contributed by atoms with Crippen molar-refractivity contribution in [1.82, 2.24) is 5.32 Å². The van der Waals surface area contributed by atoms with E-state index in [9.17, 15) is 10.2 Å². The van der Waals surface area contributed by atoms with Gasteiger partial charge in [-0.3, -0.25) is 0 Å². The van der Waals surface area contributed by atoms with Crippen molar-refractivity contribution in [3.63, 3.8) is 0 Å². The van der Waals surface area contributed by atoms with Gasteiger partial charge in [-0.25, -0.2) is 0 Å². The highest BCUT2D eigenvalue weighted by Gasteiger charge is 2.20. The molecular formula is C16H25NO2. The number of rotatable bonds is 5. The Hall–Kier alpha value is -1.06. The van der Waals surface area contributed by atoms with Gasteiger partial charge in [-0.1, -0.05) is 19.9 Å². The lowest BCUT2D eigenvalue weighted by Gasteiger charge is -2.28. The van der Waals surface area contributed by atoms with Crippen LogP contribution in [0.4, 0.5) is 0 Å². The second kappa shape index (κ2) is 6.40. The molecule has 0 saturated heterocycles. The fourth-order valence-corrected chi connectivity index (χ4v) is 2.92. The lowest BCUT2D eigenvalue weighted by atomic mass is 9.87. The summed E-state index contributed by atoms with van der Waals surface area (Å²) in [5, 5.41) is 22.9. The second-order valence-electron chi connectivity index (χ2n) is 6.02. The van der Waals surface area contributed by atoms with E-state index in [-0.39, 0.29) is 6.10 Å². The van der Waals surface area contributed by atoms with Crippen molar-refractivity contribution in [1.29, 1.82) is 0 Å². The molecule has 0 saturated carbocycles. The summed E-state index contributed by atoms with van der Waals surface area (Å²) >= 11 is 0. The summed E-state index contributed by atoms with van der Waals surface area (Å²) < 4.78 is 0. The number of hydrogen-bond donors (Lipinski definition) is 3. The zero-order chi connectivity index (χ0) is 13.8. The van der Waals surface area contributed by atoms with Crippen LogP contribution in [0.1, 0.15) is 50.3 Å². The highest BCUT2D eigenvalue weighted by molar-refractivity contribution is 5.38. The number of aliphatic hydroxyl groups excluding tert-OH is 1. The number of benzene rings is 1. The van der Waals surface area contributed by atoms with Gasteiger partial charge >= 0.3 is 0 Å². The van der Waals surface area contributed by atoms with Crippen molar-refractivity contribution in [2.75, 3.05) is 6.54 Å². The molecule has 2 atom stereocenters. The van der Waals surface area contributed by atoms with Crippen molar-refractivity contribution in [3.8, 4) is 5.75 Å². The zero-order valence-electron chi connectivity index (χ0n) is 11.9. The first-order valence-electron chi connectivity index (χ1n) is 7.29. The molecule has 3 nitrogen and oxygen atoms in total. The predicted octanol–water partition coefficient (Wildman–Crippen LogP) is 2.77. The lowest BCUT2D eigenvalue weighted by molar-refractivity contribution is 0.141. The van der Waals surface area contributed by atoms with Gasteiger partial charge in [0.1, 0.15) is 5.75 Å². The zero-order valence-corrected chi connectivity index (χ0v) is 11.9. The van der Waals surface area contributed by atoms with Crippen LogP contribution in [0.25, 0.3) is 0 Å². The summed E-state index contributed by atoms with van der Waals surface area (Å²) in [5.41, 5.74) is 2.52. The van der Waals surface area contributed by atoms with Gasteiger partial charge in [-0.15, -0.1) is 0 Å². The molecule has 0 bridgehead atoms. The molecule has 1 aliphatic rings. The molecule has 0 aromatic heterocycles. The third kappa shape index (κ3) is 3.95. The van der Waals surface area contributed by atoms with Crippen LogP contribution < -0.4 is 5.32 Å². The Morgan fingerprint density at radius 3 is 2.89 bits per heavy atom. The van der Waals surface area contributed by atoms with Gasteiger partial charge in [0.2, 0.25) is 0 Å². The lowest BCUT2D eigenvalue weighted by Crippen LogP contribution is -2.32. The average molecular weight is 263 g/mol. The van der Waals surface area contributed by atoms with Crippen LogP contribution in [-0.4, -0.2) is 22.9 Å². The smallest absolute Gasteiger partial charge is 0.115 e. The number of aryl methyl sites for hydroxylation is 1. The SMILES string of the molecule is CC(C)CC(O)CNC1CCCc2cc(O)ccc21. The van der Waals surface area contributed by atoms with Crippen molar-refractivity contribution in [2.24, 2.45) is 5.92 Å². The molecule has 1 aromatic rings. The molecule has 0 radical (unpaired) electrons. The van der Waals surface area contributed by atoms with Gasteiger partial charge in [0.25, 0.3) is 0 Å². The van der Waals surface area contributed by atoms with Crippen LogP contribution in [-0.2, 0) is 6.42 Å². The Kier molecular flexibility index (Phi) is 4.83. The van der Waals surface area contributed by atoms with Gasteiger partial charge in [0.05, 0.1) is 6.10 Å². The molecular weight excluding hydrogens is 238 g/mol. The highest BCUT2D eigenvalue weighted by atomic mass is 16.3. The largest absolute Gasteiger partial charge is 0.508 e. The van der Waals surface area contributed by atoms with E-state index in [2.05, 4.69) is 19.2 Å². The van der Waals surface area contributed by atoms with Crippen LogP contribution in [0.15, 0.2) is 18.2 Å². The van der Waals surface area contributed by atoms with E-state index < -0.39 is 0 Å². The van der Waals surface area contributed by atoms with Gasteiger partial charge in [0, 0.05) is 12.6 Å². The number of hydrogen-bond acceptors (Lipinski definition) is 3.